The molecule has 2 heterocycles. The second-order valence-corrected chi connectivity index (χ2v) is 9.91. The highest BCUT2D eigenvalue weighted by molar-refractivity contribution is 7.94. The van der Waals surface area contributed by atoms with Crippen LogP contribution in [0.25, 0.3) is 5.57 Å². The molecule has 0 unspecified atom stereocenters. The first kappa shape index (κ1) is 19.1. The van der Waals surface area contributed by atoms with Gasteiger partial charge in [-0.3, -0.25) is 4.72 Å². The van der Waals surface area contributed by atoms with Crippen molar-refractivity contribution in [1.29, 1.82) is 0 Å². The zero-order valence-electron chi connectivity index (χ0n) is 15.4. The van der Waals surface area contributed by atoms with Gasteiger partial charge in [0.05, 0.1) is 0 Å². The topological polar surface area (TPSA) is 49.4 Å². The van der Waals surface area contributed by atoms with Crippen LogP contribution in [0, 0.1) is 0 Å². The van der Waals surface area contributed by atoms with Crippen molar-refractivity contribution in [1.82, 2.24) is 4.90 Å². The molecule has 1 aliphatic heterocycles. The minimum Gasteiger partial charge on any atom is -0.303 e. The van der Waals surface area contributed by atoms with Crippen LogP contribution in [0.3, 0.4) is 0 Å². The third-order valence-electron chi connectivity index (χ3n) is 4.71. The van der Waals surface area contributed by atoms with E-state index in [4.69, 9.17) is 0 Å². The fourth-order valence-corrected chi connectivity index (χ4v) is 5.64. The molecule has 0 aliphatic carbocycles. The van der Waals surface area contributed by atoms with Crippen LogP contribution in [0.1, 0.15) is 43.0 Å². The smallest absolute Gasteiger partial charge is 0.271 e. The molecule has 1 fully saturated rings. The lowest BCUT2D eigenvalue weighted by molar-refractivity contribution is 0.335. The van der Waals surface area contributed by atoms with Crippen molar-refractivity contribution < 1.29 is 8.42 Å². The van der Waals surface area contributed by atoms with Crippen molar-refractivity contribution >= 4 is 32.6 Å². The highest BCUT2D eigenvalue weighted by atomic mass is 32.2. The first-order valence-electron chi connectivity index (χ1n) is 9.00. The number of rotatable bonds is 7. The maximum absolute atomic E-state index is 12.6. The Morgan fingerprint density at radius 1 is 1.27 bits per heavy atom. The molecule has 0 amide bonds. The number of sulfonamides is 1. The van der Waals surface area contributed by atoms with Gasteiger partial charge in [0.2, 0.25) is 0 Å². The molecule has 4 nitrogen and oxygen atoms in total. The second-order valence-electron chi connectivity index (χ2n) is 6.91. The Balaban J connectivity index is 1.68. The van der Waals surface area contributed by atoms with Gasteiger partial charge in [-0.15, -0.1) is 11.3 Å². The van der Waals surface area contributed by atoms with Crippen LogP contribution in [0.5, 0.6) is 0 Å². The van der Waals surface area contributed by atoms with Gasteiger partial charge in [-0.1, -0.05) is 25.6 Å². The highest BCUT2D eigenvalue weighted by Gasteiger charge is 2.23. The molecule has 1 atom stereocenters. The minimum absolute atomic E-state index is 0.311. The molecule has 1 aromatic heterocycles. The summed E-state index contributed by atoms with van der Waals surface area (Å²) in [5.41, 5.74) is 2.75. The summed E-state index contributed by atoms with van der Waals surface area (Å²) in [6.45, 7) is 11.3. The van der Waals surface area contributed by atoms with Crippen molar-refractivity contribution in [2.24, 2.45) is 0 Å². The van der Waals surface area contributed by atoms with Gasteiger partial charge in [-0.2, -0.15) is 0 Å². The van der Waals surface area contributed by atoms with Crippen molar-refractivity contribution in [3.05, 3.63) is 53.4 Å². The Kier molecular flexibility index (Phi) is 5.85. The van der Waals surface area contributed by atoms with Gasteiger partial charge in [-0.05, 0) is 74.2 Å². The zero-order valence-corrected chi connectivity index (χ0v) is 17.0. The normalized spacial score (nSPS) is 18.2. The van der Waals surface area contributed by atoms with Gasteiger partial charge in [-0.25, -0.2) is 8.42 Å². The lowest BCUT2D eigenvalue weighted by atomic mass is 9.98. The van der Waals surface area contributed by atoms with E-state index >= 15 is 0 Å². The number of nitrogens with zero attached hydrogens (tertiary/aromatic N) is 1. The number of allylic oxidation sites excluding steroid dienone is 1. The summed E-state index contributed by atoms with van der Waals surface area (Å²) in [4.78, 5) is 3.38. The molecule has 6 heteroatoms. The molecule has 1 saturated heterocycles. The zero-order chi connectivity index (χ0) is 18.7. The average Bonchev–Trinajstić information content (AvgIpc) is 3.25. The number of thiophene rings is 1. The molecule has 1 aromatic carbocycles. The predicted octanol–water partition coefficient (Wildman–Crippen LogP) is 4.78. The van der Waals surface area contributed by atoms with Crippen LogP contribution in [0.4, 0.5) is 5.69 Å². The SMILES string of the molecule is C=C(C)c1ccc(S(=O)(=O)Nc2ccc([C@@H]3CCN(CCC)C3)cc2)s1. The van der Waals surface area contributed by atoms with Crippen LogP contribution in [-0.4, -0.2) is 33.0 Å². The number of nitrogens with one attached hydrogen (secondary N) is 1. The maximum atomic E-state index is 12.6. The van der Waals surface area contributed by atoms with Gasteiger partial charge in [0.25, 0.3) is 10.0 Å². The standard InChI is InChI=1S/C20H26N2O2S2/c1-4-12-22-13-11-17(14-22)16-5-7-18(8-6-16)21-26(23,24)20-10-9-19(25-20)15(2)3/h5-10,17,21H,2,4,11-14H2,1,3H3/t17-/m1/s1. The van der Waals surface area contributed by atoms with Gasteiger partial charge >= 0.3 is 0 Å². The van der Waals surface area contributed by atoms with Gasteiger partial charge in [0.15, 0.2) is 0 Å². The summed E-state index contributed by atoms with van der Waals surface area (Å²) in [6.07, 6.45) is 2.35. The summed E-state index contributed by atoms with van der Waals surface area (Å²) in [5, 5.41) is 0. The predicted molar refractivity (Wildman–Crippen MR) is 110 cm³/mol. The van der Waals surface area contributed by atoms with Gasteiger partial charge in [0, 0.05) is 17.1 Å². The van der Waals surface area contributed by atoms with Gasteiger partial charge in [0.1, 0.15) is 4.21 Å². The first-order valence-corrected chi connectivity index (χ1v) is 11.3. The molecule has 3 rings (SSSR count). The van der Waals surface area contributed by atoms with Crippen LogP contribution in [0.15, 0.2) is 47.2 Å². The van der Waals surface area contributed by atoms with E-state index in [2.05, 4.69) is 23.1 Å². The minimum atomic E-state index is -3.55. The third kappa shape index (κ3) is 4.37. The van der Waals surface area contributed by atoms with E-state index in [1.807, 2.05) is 31.2 Å². The monoisotopic (exact) mass is 390 g/mol. The molecule has 1 aliphatic rings. The molecule has 1 N–H and O–H groups in total. The van der Waals surface area contributed by atoms with Gasteiger partial charge < -0.3 is 4.90 Å². The number of benzene rings is 1. The molecule has 140 valence electrons. The summed E-state index contributed by atoms with van der Waals surface area (Å²) in [5.74, 6) is 0.544. The van der Waals surface area contributed by atoms with Crippen LogP contribution >= 0.6 is 11.3 Å². The Labute approximate surface area is 160 Å². The molecule has 26 heavy (non-hydrogen) atoms. The van der Waals surface area contributed by atoms with Crippen molar-refractivity contribution in [2.75, 3.05) is 24.4 Å². The van der Waals surface area contributed by atoms with E-state index in [0.29, 0.717) is 15.8 Å². The van der Waals surface area contributed by atoms with Crippen LogP contribution < -0.4 is 4.72 Å². The molecule has 0 radical (unpaired) electrons. The Morgan fingerprint density at radius 3 is 2.62 bits per heavy atom. The summed E-state index contributed by atoms with van der Waals surface area (Å²) < 4.78 is 28.1. The molecule has 0 bridgehead atoms. The Morgan fingerprint density at radius 2 is 2.00 bits per heavy atom. The summed E-state index contributed by atoms with van der Waals surface area (Å²) in [7, 11) is -3.55. The van der Waals surface area contributed by atoms with Crippen molar-refractivity contribution in [3.8, 4) is 0 Å². The third-order valence-corrected chi connectivity index (χ3v) is 7.83. The Hall–Kier alpha value is -1.63. The first-order chi connectivity index (χ1) is 12.4. The lowest BCUT2D eigenvalue weighted by Gasteiger charge is -2.15. The molecule has 0 spiro atoms. The Bertz CT molecular complexity index is 869. The maximum Gasteiger partial charge on any atom is 0.271 e. The quantitative estimate of drug-likeness (QED) is 0.740. The second kappa shape index (κ2) is 7.94. The molecular weight excluding hydrogens is 364 g/mol. The van der Waals surface area contributed by atoms with Crippen LogP contribution in [0.2, 0.25) is 0 Å². The number of hydrogen-bond acceptors (Lipinski definition) is 4. The summed E-state index contributed by atoms with van der Waals surface area (Å²) in [6, 6.07) is 11.3. The molecule has 2 aromatic rings. The molecular formula is C20H26N2O2S2. The largest absolute Gasteiger partial charge is 0.303 e. The van der Waals surface area contributed by atoms with E-state index < -0.39 is 10.0 Å². The number of likely N-dealkylation sites (tertiary alicyclic amines) is 1. The average molecular weight is 391 g/mol. The van der Waals surface area contributed by atoms with E-state index in [9.17, 15) is 8.42 Å². The van der Waals surface area contributed by atoms with E-state index in [1.54, 1.807) is 12.1 Å². The van der Waals surface area contributed by atoms with E-state index in [-0.39, 0.29) is 0 Å². The fourth-order valence-electron chi connectivity index (χ4n) is 3.35. The highest BCUT2D eigenvalue weighted by Crippen LogP contribution is 2.30. The van der Waals surface area contributed by atoms with Crippen molar-refractivity contribution in [3.63, 3.8) is 0 Å². The number of hydrogen-bond donors (Lipinski definition) is 1. The van der Waals surface area contributed by atoms with E-state index in [0.717, 1.165) is 30.1 Å². The van der Waals surface area contributed by atoms with E-state index in [1.165, 1.54) is 29.7 Å². The fraction of sp³-hybridized carbons (Fsp3) is 0.400. The number of anilines is 1. The lowest BCUT2D eigenvalue weighted by Crippen LogP contribution is -2.20. The van der Waals surface area contributed by atoms with Crippen LogP contribution in [-0.2, 0) is 10.0 Å². The van der Waals surface area contributed by atoms with Crippen molar-refractivity contribution in [2.45, 2.75) is 36.8 Å². The molecule has 0 saturated carbocycles. The summed E-state index contributed by atoms with van der Waals surface area (Å²) >= 11 is 1.24.